The van der Waals surface area contributed by atoms with E-state index >= 15 is 0 Å². The number of halogens is 1. The summed E-state index contributed by atoms with van der Waals surface area (Å²) in [6.45, 7) is 12.2. The predicted molar refractivity (Wildman–Crippen MR) is 135 cm³/mol. The fourth-order valence-corrected chi connectivity index (χ4v) is 3.84. The van der Waals surface area contributed by atoms with Gasteiger partial charge in [0.15, 0.2) is 5.96 Å². The van der Waals surface area contributed by atoms with Crippen LogP contribution < -0.4 is 15.5 Å². The van der Waals surface area contributed by atoms with Gasteiger partial charge in [0.05, 0.1) is 12.2 Å². The fourth-order valence-electron chi connectivity index (χ4n) is 3.84. The molecular weight excluding hydrogens is 489 g/mol. The van der Waals surface area contributed by atoms with E-state index < -0.39 is 0 Å². The van der Waals surface area contributed by atoms with Gasteiger partial charge < -0.3 is 15.5 Å². The van der Waals surface area contributed by atoms with E-state index in [2.05, 4.69) is 65.4 Å². The standard InChI is InChI=1S/C22H35N7.HI/c1-6-23-22(26-16(2)13-20-17(3)27-28(5)18(20)4)25-15-19-9-10-21(24-14-19)29-11-7-8-12-29;/h9-10,14,16H,6-8,11-13,15H2,1-5H3,(H2,23,25,26);1H. The summed E-state index contributed by atoms with van der Waals surface area (Å²) in [4.78, 5) is 11.7. The van der Waals surface area contributed by atoms with Gasteiger partial charge in [0, 0.05) is 44.6 Å². The smallest absolute Gasteiger partial charge is 0.191 e. The van der Waals surface area contributed by atoms with Crippen LogP contribution in [-0.2, 0) is 20.0 Å². The molecule has 1 fully saturated rings. The first-order valence-corrected chi connectivity index (χ1v) is 10.7. The Morgan fingerprint density at radius 3 is 2.53 bits per heavy atom. The molecule has 0 aromatic carbocycles. The molecule has 1 aliphatic heterocycles. The van der Waals surface area contributed by atoms with Crippen LogP contribution in [0.15, 0.2) is 23.3 Å². The number of pyridine rings is 1. The normalized spacial score (nSPS) is 15.1. The number of guanidine groups is 1. The second kappa shape index (κ2) is 11.5. The van der Waals surface area contributed by atoms with E-state index in [4.69, 9.17) is 4.99 Å². The Kier molecular flexibility index (Phi) is 9.38. The van der Waals surface area contributed by atoms with Crippen molar-refractivity contribution in [2.75, 3.05) is 24.5 Å². The van der Waals surface area contributed by atoms with E-state index in [0.717, 1.165) is 49.1 Å². The number of anilines is 1. The Morgan fingerprint density at radius 2 is 1.97 bits per heavy atom. The molecular formula is C22H36IN7. The van der Waals surface area contributed by atoms with Gasteiger partial charge >= 0.3 is 0 Å². The summed E-state index contributed by atoms with van der Waals surface area (Å²) >= 11 is 0. The molecule has 1 atom stereocenters. The zero-order chi connectivity index (χ0) is 20.8. The van der Waals surface area contributed by atoms with Gasteiger partial charge in [-0.25, -0.2) is 9.98 Å². The Balaban J connectivity index is 0.00000320. The highest BCUT2D eigenvalue weighted by molar-refractivity contribution is 14.0. The first-order valence-electron chi connectivity index (χ1n) is 10.7. The Morgan fingerprint density at radius 1 is 1.23 bits per heavy atom. The van der Waals surface area contributed by atoms with Crippen LogP contribution in [0.4, 0.5) is 5.82 Å². The maximum absolute atomic E-state index is 4.76. The quantitative estimate of drug-likeness (QED) is 0.330. The molecule has 2 N–H and O–H groups in total. The van der Waals surface area contributed by atoms with Gasteiger partial charge in [0.1, 0.15) is 5.82 Å². The van der Waals surface area contributed by atoms with Crippen LogP contribution in [0.25, 0.3) is 0 Å². The monoisotopic (exact) mass is 525 g/mol. The third-order valence-corrected chi connectivity index (χ3v) is 5.56. The molecule has 3 heterocycles. The highest BCUT2D eigenvalue weighted by Gasteiger charge is 2.15. The number of rotatable bonds is 7. The SMILES string of the molecule is CCNC(=NCc1ccc(N2CCCC2)nc1)NC(C)Cc1c(C)nn(C)c1C.I. The molecule has 1 aliphatic rings. The largest absolute Gasteiger partial charge is 0.357 e. The van der Waals surface area contributed by atoms with E-state index in [-0.39, 0.29) is 30.0 Å². The average molecular weight is 525 g/mol. The molecule has 0 radical (unpaired) electrons. The van der Waals surface area contributed by atoms with E-state index in [1.165, 1.54) is 24.1 Å². The highest BCUT2D eigenvalue weighted by Crippen LogP contribution is 2.18. The lowest BCUT2D eigenvalue weighted by Crippen LogP contribution is -2.43. The first-order chi connectivity index (χ1) is 14.0. The maximum Gasteiger partial charge on any atom is 0.191 e. The Labute approximate surface area is 197 Å². The van der Waals surface area contributed by atoms with Gasteiger partial charge in [-0.3, -0.25) is 4.68 Å². The molecule has 30 heavy (non-hydrogen) atoms. The first kappa shape index (κ1) is 24.4. The van der Waals surface area contributed by atoms with Crippen LogP contribution in [0.2, 0.25) is 0 Å². The lowest BCUT2D eigenvalue weighted by Gasteiger charge is -2.18. The van der Waals surface area contributed by atoms with Crippen LogP contribution in [0.3, 0.4) is 0 Å². The zero-order valence-electron chi connectivity index (χ0n) is 18.9. The summed E-state index contributed by atoms with van der Waals surface area (Å²) in [6.07, 6.45) is 5.40. The molecule has 0 spiro atoms. The van der Waals surface area contributed by atoms with Crippen LogP contribution in [0, 0.1) is 13.8 Å². The minimum atomic E-state index is 0. The van der Waals surface area contributed by atoms with Gasteiger partial charge in [-0.2, -0.15) is 5.10 Å². The summed E-state index contributed by atoms with van der Waals surface area (Å²) in [5, 5.41) is 11.4. The molecule has 0 bridgehead atoms. The maximum atomic E-state index is 4.76. The summed E-state index contributed by atoms with van der Waals surface area (Å²) in [7, 11) is 2.00. The molecule has 166 valence electrons. The zero-order valence-corrected chi connectivity index (χ0v) is 21.2. The molecule has 2 aromatic rings. The molecule has 0 aliphatic carbocycles. The fraction of sp³-hybridized carbons (Fsp3) is 0.591. The summed E-state index contributed by atoms with van der Waals surface area (Å²) in [5.74, 6) is 1.92. The van der Waals surface area contributed by atoms with Crippen LogP contribution in [0.5, 0.6) is 0 Å². The van der Waals surface area contributed by atoms with Crippen LogP contribution in [-0.4, -0.2) is 46.4 Å². The van der Waals surface area contributed by atoms with Crippen LogP contribution in [0.1, 0.15) is 49.2 Å². The lowest BCUT2D eigenvalue weighted by atomic mass is 10.1. The van der Waals surface area contributed by atoms with Crippen molar-refractivity contribution in [1.82, 2.24) is 25.4 Å². The van der Waals surface area contributed by atoms with Crippen molar-refractivity contribution >= 4 is 35.8 Å². The number of aliphatic imine (C=N–C) groups is 1. The van der Waals surface area contributed by atoms with Crippen molar-refractivity contribution < 1.29 is 0 Å². The number of aromatic nitrogens is 3. The van der Waals surface area contributed by atoms with Crippen molar-refractivity contribution in [3.05, 3.63) is 40.8 Å². The topological polar surface area (TPSA) is 70.4 Å². The van der Waals surface area contributed by atoms with Gasteiger partial charge in [-0.15, -0.1) is 24.0 Å². The molecule has 0 amide bonds. The van der Waals surface area contributed by atoms with Crippen molar-refractivity contribution in [2.45, 2.75) is 59.5 Å². The number of hydrogen-bond acceptors (Lipinski definition) is 4. The predicted octanol–water partition coefficient (Wildman–Crippen LogP) is 3.34. The van der Waals surface area contributed by atoms with Crippen molar-refractivity contribution in [3.63, 3.8) is 0 Å². The van der Waals surface area contributed by atoms with Crippen molar-refractivity contribution in [1.29, 1.82) is 0 Å². The second-order valence-electron chi connectivity index (χ2n) is 7.94. The molecule has 1 saturated heterocycles. The minimum absolute atomic E-state index is 0. The van der Waals surface area contributed by atoms with E-state index in [9.17, 15) is 0 Å². The molecule has 3 rings (SSSR count). The summed E-state index contributed by atoms with van der Waals surface area (Å²) < 4.78 is 1.95. The number of nitrogens with one attached hydrogen (secondary N) is 2. The molecule has 1 unspecified atom stereocenters. The third kappa shape index (κ3) is 6.33. The van der Waals surface area contributed by atoms with E-state index in [1.54, 1.807) is 0 Å². The third-order valence-electron chi connectivity index (χ3n) is 5.56. The minimum Gasteiger partial charge on any atom is -0.357 e. The average Bonchev–Trinajstić information content (AvgIpc) is 3.32. The van der Waals surface area contributed by atoms with Gasteiger partial charge in [0.25, 0.3) is 0 Å². The molecule has 8 heteroatoms. The Bertz CT molecular complexity index is 823. The number of hydrogen-bond donors (Lipinski definition) is 2. The molecule has 7 nitrogen and oxygen atoms in total. The van der Waals surface area contributed by atoms with Crippen molar-refractivity contribution in [3.8, 4) is 0 Å². The van der Waals surface area contributed by atoms with Gasteiger partial charge in [-0.1, -0.05) is 6.07 Å². The second-order valence-corrected chi connectivity index (χ2v) is 7.94. The Hall–Kier alpha value is -1.84. The van der Waals surface area contributed by atoms with E-state index in [1.807, 2.05) is 17.9 Å². The number of aryl methyl sites for hydroxylation is 2. The van der Waals surface area contributed by atoms with Crippen LogP contribution >= 0.6 is 24.0 Å². The molecule has 2 aromatic heterocycles. The van der Waals surface area contributed by atoms with E-state index in [0.29, 0.717) is 6.54 Å². The molecule has 0 saturated carbocycles. The highest BCUT2D eigenvalue weighted by atomic mass is 127. The van der Waals surface area contributed by atoms with Gasteiger partial charge in [0.2, 0.25) is 0 Å². The summed E-state index contributed by atoms with van der Waals surface area (Å²) in [5.41, 5.74) is 4.76. The number of nitrogens with zero attached hydrogens (tertiary/aromatic N) is 5. The lowest BCUT2D eigenvalue weighted by molar-refractivity contribution is 0.635. The summed E-state index contributed by atoms with van der Waals surface area (Å²) in [6, 6.07) is 4.51. The van der Waals surface area contributed by atoms with Crippen molar-refractivity contribution in [2.24, 2.45) is 12.0 Å². The van der Waals surface area contributed by atoms with Gasteiger partial charge in [-0.05, 0) is 64.2 Å².